The highest BCUT2D eigenvalue weighted by molar-refractivity contribution is 5.73. The molecule has 4 nitrogen and oxygen atoms in total. The molecule has 0 amide bonds. The number of halogens is 2. The maximum Gasteiger partial charge on any atom is 0.501 e. The van der Waals surface area contributed by atoms with Gasteiger partial charge in [-0.3, -0.25) is 0 Å². The molecular weight excluding hydrogens is 282 g/mol. The quantitative estimate of drug-likeness (QED) is 0.910. The lowest BCUT2D eigenvalue weighted by Crippen LogP contribution is -2.34. The Balaban J connectivity index is 2.05. The number of aryl methyl sites for hydroxylation is 1. The van der Waals surface area contributed by atoms with E-state index >= 15 is 0 Å². The normalized spacial score (nSPS) is 11.0. The van der Waals surface area contributed by atoms with Crippen molar-refractivity contribution in [3.05, 3.63) is 54.1 Å². The molecule has 0 aliphatic heterocycles. The van der Waals surface area contributed by atoms with Crippen molar-refractivity contribution in [3.63, 3.8) is 0 Å². The Morgan fingerprint density at radius 3 is 1.86 bits per heavy atom. The molecule has 0 bridgehead atoms. The van der Waals surface area contributed by atoms with E-state index in [0.29, 0.717) is 11.5 Å². The van der Waals surface area contributed by atoms with Gasteiger partial charge in [0.15, 0.2) is 0 Å². The predicted octanol–water partition coefficient (Wildman–Crippen LogP) is 3.84. The van der Waals surface area contributed by atoms with Crippen LogP contribution in [0.4, 0.5) is 8.78 Å². The van der Waals surface area contributed by atoms with Crippen molar-refractivity contribution in [3.8, 4) is 17.2 Å². The zero-order chi connectivity index (χ0) is 15.5. The third-order valence-corrected chi connectivity index (χ3v) is 2.58. The lowest BCUT2D eigenvalue weighted by atomic mass is 10.2. The first-order valence-corrected chi connectivity index (χ1v) is 6.01. The van der Waals surface area contributed by atoms with Crippen LogP contribution in [0.5, 0.6) is 17.2 Å². The van der Waals surface area contributed by atoms with E-state index in [9.17, 15) is 13.6 Å². The van der Waals surface area contributed by atoms with Gasteiger partial charge in [-0.1, -0.05) is 17.7 Å². The summed E-state index contributed by atoms with van der Waals surface area (Å²) >= 11 is 0. The van der Waals surface area contributed by atoms with Gasteiger partial charge in [-0.2, -0.15) is 8.78 Å². The summed E-state index contributed by atoms with van der Waals surface area (Å²) in [5, 5.41) is 8.27. The van der Waals surface area contributed by atoms with Crippen LogP contribution in [0, 0.1) is 6.92 Å². The molecule has 2 rings (SSSR count). The first-order valence-electron chi connectivity index (χ1n) is 6.01. The SMILES string of the molecule is Cc1ccc(Oc2ccc(OC(F)(F)C(=O)O)cc2)cc1. The summed E-state index contributed by atoms with van der Waals surface area (Å²) < 4.78 is 35.3. The van der Waals surface area contributed by atoms with Gasteiger partial charge in [0.05, 0.1) is 0 Å². The fraction of sp³-hybridized carbons (Fsp3) is 0.133. The second-order valence-electron chi connectivity index (χ2n) is 4.31. The first-order chi connectivity index (χ1) is 9.87. The van der Waals surface area contributed by atoms with Gasteiger partial charge in [-0.25, -0.2) is 4.79 Å². The smallest absolute Gasteiger partial charge is 0.474 e. The lowest BCUT2D eigenvalue weighted by molar-refractivity contribution is -0.210. The molecule has 0 aliphatic carbocycles. The summed E-state index contributed by atoms with van der Waals surface area (Å²) in [6.45, 7) is 1.94. The van der Waals surface area contributed by atoms with Gasteiger partial charge in [0.1, 0.15) is 17.2 Å². The van der Waals surface area contributed by atoms with Gasteiger partial charge in [0.2, 0.25) is 0 Å². The Hall–Kier alpha value is -2.63. The molecule has 0 spiro atoms. The molecule has 0 saturated heterocycles. The first kappa shape index (κ1) is 14.8. The monoisotopic (exact) mass is 294 g/mol. The van der Waals surface area contributed by atoms with Crippen LogP contribution in [0.2, 0.25) is 0 Å². The van der Waals surface area contributed by atoms with E-state index in [-0.39, 0.29) is 5.75 Å². The van der Waals surface area contributed by atoms with Crippen LogP contribution < -0.4 is 9.47 Å². The molecule has 110 valence electrons. The fourth-order valence-electron chi connectivity index (χ4n) is 1.51. The molecule has 2 aromatic carbocycles. The van der Waals surface area contributed by atoms with Crippen LogP contribution in [0.15, 0.2) is 48.5 Å². The molecule has 1 N–H and O–H groups in total. The van der Waals surface area contributed by atoms with Crippen molar-refractivity contribution in [1.29, 1.82) is 0 Å². The molecule has 0 aromatic heterocycles. The molecule has 0 saturated carbocycles. The van der Waals surface area contributed by atoms with Crippen molar-refractivity contribution < 1.29 is 28.2 Å². The summed E-state index contributed by atoms with van der Waals surface area (Å²) in [5.41, 5.74) is 1.09. The van der Waals surface area contributed by atoms with E-state index in [1.807, 2.05) is 19.1 Å². The number of hydrogen-bond donors (Lipinski definition) is 1. The molecule has 0 atom stereocenters. The Morgan fingerprint density at radius 1 is 0.952 bits per heavy atom. The minimum atomic E-state index is -4.26. The highest BCUT2D eigenvalue weighted by Gasteiger charge is 2.42. The van der Waals surface area contributed by atoms with E-state index < -0.39 is 12.1 Å². The summed E-state index contributed by atoms with van der Waals surface area (Å²) in [6, 6.07) is 12.5. The predicted molar refractivity (Wildman–Crippen MR) is 70.9 cm³/mol. The minimum absolute atomic E-state index is 0.265. The Kier molecular flexibility index (Phi) is 4.07. The molecule has 6 heteroatoms. The number of rotatable bonds is 5. The summed E-state index contributed by atoms with van der Waals surface area (Å²) in [4.78, 5) is 10.3. The van der Waals surface area contributed by atoms with Crippen LogP contribution in [-0.4, -0.2) is 17.2 Å². The van der Waals surface area contributed by atoms with Gasteiger partial charge in [0.25, 0.3) is 0 Å². The summed E-state index contributed by atoms with van der Waals surface area (Å²) in [6.07, 6.45) is -4.26. The summed E-state index contributed by atoms with van der Waals surface area (Å²) in [7, 11) is 0. The third-order valence-electron chi connectivity index (χ3n) is 2.58. The van der Waals surface area contributed by atoms with E-state index in [0.717, 1.165) is 5.56 Å². The van der Waals surface area contributed by atoms with Crippen LogP contribution >= 0.6 is 0 Å². The van der Waals surface area contributed by atoms with Gasteiger partial charge < -0.3 is 14.6 Å². The Morgan fingerprint density at radius 2 is 1.38 bits per heavy atom. The molecule has 0 unspecified atom stereocenters. The van der Waals surface area contributed by atoms with Crippen molar-refractivity contribution in [2.24, 2.45) is 0 Å². The highest BCUT2D eigenvalue weighted by Crippen LogP contribution is 2.27. The molecular formula is C15H12F2O4. The topological polar surface area (TPSA) is 55.8 Å². The highest BCUT2D eigenvalue weighted by atomic mass is 19.3. The number of hydrogen-bond acceptors (Lipinski definition) is 3. The molecule has 2 aromatic rings. The zero-order valence-electron chi connectivity index (χ0n) is 11.0. The third kappa shape index (κ3) is 3.92. The number of carboxylic acid groups (broad SMARTS) is 1. The number of carboxylic acids is 1. The summed E-state index contributed by atoms with van der Waals surface area (Å²) in [5.74, 6) is -1.59. The van der Waals surface area contributed by atoms with Gasteiger partial charge in [-0.05, 0) is 43.3 Å². The lowest BCUT2D eigenvalue weighted by Gasteiger charge is -2.13. The molecule has 0 fully saturated rings. The standard InChI is InChI=1S/C15H12F2O4/c1-10-2-4-11(5-3-10)20-12-6-8-13(9-7-12)21-15(16,17)14(18)19/h2-9H,1H3,(H,18,19). The van der Waals surface area contributed by atoms with E-state index in [4.69, 9.17) is 9.84 Å². The maximum absolute atomic E-state index is 12.9. The van der Waals surface area contributed by atoms with Crippen LogP contribution in [0.3, 0.4) is 0 Å². The molecule has 0 aliphatic rings. The number of ether oxygens (including phenoxy) is 2. The zero-order valence-corrected chi connectivity index (χ0v) is 11.0. The Bertz CT molecular complexity index is 621. The van der Waals surface area contributed by atoms with Gasteiger partial charge in [-0.15, -0.1) is 0 Å². The van der Waals surface area contributed by atoms with Crippen molar-refractivity contribution in [2.45, 2.75) is 13.0 Å². The average molecular weight is 294 g/mol. The maximum atomic E-state index is 12.9. The fourth-order valence-corrected chi connectivity index (χ4v) is 1.51. The molecule has 0 radical (unpaired) electrons. The van der Waals surface area contributed by atoms with E-state index in [1.165, 1.54) is 24.3 Å². The largest absolute Gasteiger partial charge is 0.501 e. The van der Waals surface area contributed by atoms with Crippen molar-refractivity contribution in [2.75, 3.05) is 0 Å². The number of carbonyl (C=O) groups is 1. The second-order valence-corrected chi connectivity index (χ2v) is 4.31. The molecule has 0 heterocycles. The number of aliphatic carboxylic acids is 1. The average Bonchev–Trinajstić information content (AvgIpc) is 2.43. The van der Waals surface area contributed by atoms with Crippen molar-refractivity contribution >= 4 is 5.97 Å². The van der Waals surface area contributed by atoms with Gasteiger partial charge in [0, 0.05) is 0 Å². The van der Waals surface area contributed by atoms with E-state index in [1.54, 1.807) is 12.1 Å². The number of benzene rings is 2. The van der Waals surface area contributed by atoms with Crippen LogP contribution in [0.1, 0.15) is 5.56 Å². The van der Waals surface area contributed by atoms with Gasteiger partial charge >= 0.3 is 12.1 Å². The van der Waals surface area contributed by atoms with Crippen LogP contribution in [0.25, 0.3) is 0 Å². The van der Waals surface area contributed by atoms with Crippen molar-refractivity contribution in [1.82, 2.24) is 0 Å². The Labute approximate surface area is 119 Å². The minimum Gasteiger partial charge on any atom is -0.474 e. The van der Waals surface area contributed by atoms with E-state index in [2.05, 4.69) is 4.74 Å². The molecule has 21 heavy (non-hydrogen) atoms. The number of alkyl halides is 2. The van der Waals surface area contributed by atoms with Crippen LogP contribution in [-0.2, 0) is 4.79 Å². The second kappa shape index (κ2) is 5.78.